The lowest BCUT2D eigenvalue weighted by molar-refractivity contribution is -0.115. The molecule has 0 aliphatic rings. The summed E-state index contributed by atoms with van der Waals surface area (Å²) in [5.41, 5.74) is 4.78. The van der Waals surface area contributed by atoms with E-state index in [1.165, 1.54) is 6.92 Å². The van der Waals surface area contributed by atoms with Crippen molar-refractivity contribution in [1.29, 1.82) is 0 Å². The van der Waals surface area contributed by atoms with Crippen LogP contribution < -0.4 is 5.43 Å². The molecule has 0 saturated heterocycles. The first-order chi connectivity index (χ1) is 5.11. The Labute approximate surface area is 66.0 Å². The lowest BCUT2D eigenvalue weighted by Crippen LogP contribution is -2.21. The first kappa shape index (κ1) is 7.85. The van der Waals surface area contributed by atoms with Crippen molar-refractivity contribution in [3.05, 3.63) is 23.5 Å². The maximum atomic E-state index is 10.7. The smallest absolute Gasteiger partial charge is 0.235 e. The van der Waals surface area contributed by atoms with Gasteiger partial charge in [-0.15, -0.1) is 0 Å². The highest BCUT2D eigenvalue weighted by Crippen LogP contribution is 2.03. The minimum Gasteiger partial charge on any atom is -0.274 e. The van der Waals surface area contributed by atoms with E-state index in [9.17, 15) is 4.79 Å². The van der Waals surface area contributed by atoms with E-state index in [2.05, 4.69) is 5.43 Å². The Hall–Kier alpha value is -1.25. The molecule has 3 nitrogen and oxygen atoms in total. The van der Waals surface area contributed by atoms with Crippen LogP contribution in [0.15, 0.2) is 12.1 Å². The van der Waals surface area contributed by atoms with Crippen molar-refractivity contribution in [2.24, 2.45) is 0 Å². The summed E-state index contributed by atoms with van der Waals surface area (Å²) in [6.07, 6.45) is 0. The molecule has 0 spiro atoms. The average Bonchev–Trinajstić information content (AvgIpc) is 2.18. The minimum atomic E-state index is -0.0487. The molecule has 1 rings (SSSR count). The second-order valence-corrected chi connectivity index (χ2v) is 2.62. The standard InChI is InChI=1S/C8H12N2O/c1-6-4-5-7(2)10(6)9-8(3)11/h4-5H,1-3H3,(H,9,11). The maximum Gasteiger partial charge on any atom is 0.235 e. The van der Waals surface area contributed by atoms with Gasteiger partial charge in [0.25, 0.3) is 0 Å². The van der Waals surface area contributed by atoms with E-state index in [0.717, 1.165) is 11.4 Å². The zero-order valence-electron chi connectivity index (χ0n) is 7.01. The zero-order chi connectivity index (χ0) is 8.43. The fraction of sp³-hybridized carbons (Fsp3) is 0.375. The van der Waals surface area contributed by atoms with E-state index in [0.29, 0.717) is 0 Å². The van der Waals surface area contributed by atoms with Crippen LogP contribution in [0.25, 0.3) is 0 Å². The van der Waals surface area contributed by atoms with Crippen LogP contribution in [0, 0.1) is 13.8 Å². The summed E-state index contributed by atoms with van der Waals surface area (Å²) in [4.78, 5) is 10.7. The van der Waals surface area contributed by atoms with E-state index < -0.39 is 0 Å². The Balaban J connectivity index is 2.92. The van der Waals surface area contributed by atoms with Crippen LogP contribution in [-0.2, 0) is 4.79 Å². The number of nitrogens with zero attached hydrogens (tertiary/aromatic N) is 1. The molecule has 0 atom stereocenters. The van der Waals surface area contributed by atoms with Crippen molar-refractivity contribution < 1.29 is 4.79 Å². The topological polar surface area (TPSA) is 34.0 Å². The molecule has 0 aromatic carbocycles. The molecule has 0 radical (unpaired) electrons. The largest absolute Gasteiger partial charge is 0.274 e. The second kappa shape index (κ2) is 2.78. The number of hydrogen-bond donors (Lipinski definition) is 1. The fourth-order valence-electron chi connectivity index (χ4n) is 1.00. The van der Waals surface area contributed by atoms with Gasteiger partial charge in [-0.05, 0) is 26.0 Å². The summed E-state index contributed by atoms with van der Waals surface area (Å²) in [7, 11) is 0. The predicted molar refractivity (Wildman–Crippen MR) is 43.9 cm³/mol. The van der Waals surface area contributed by atoms with Gasteiger partial charge in [-0.2, -0.15) is 0 Å². The molecule has 0 aliphatic heterocycles. The number of amides is 1. The van der Waals surface area contributed by atoms with Gasteiger partial charge in [0.1, 0.15) is 0 Å². The Morgan fingerprint density at radius 2 is 1.82 bits per heavy atom. The highest BCUT2D eigenvalue weighted by molar-refractivity contribution is 5.81. The number of rotatable bonds is 1. The van der Waals surface area contributed by atoms with Gasteiger partial charge in [0.15, 0.2) is 0 Å². The molecular weight excluding hydrogens is 140 g/mol. The van der Waals surface area contributed by atoms with Crippen LogP contribution in [0.1, 0.15) is 18.3 Å². The van der Waals surface area contributed by atoms with Crippen LogP contribution in [0.2, 0.25) is 0 Å². The summed E-state index contributed by atoms with van der Waals surface area (Å²) < 4.78 is 1.77. The lowest BCUT2D eigenvalue weighted by atomic mass is 10.5. The summed E-state index contributed by atoms with van der Waals surface area (Å²) in [5.74, 6) is -0.0487. The van der Waals surface area contributed by atoms with Gasteiger partial charge in [-0.3, -0.25) is 14.9 Å². The molecule has 1 heterocycles. The number of carbonyl (C=O) groups excluding carboxylic acids is 1. The summed E-state index contributed by atoms with van der Waals surface area (Å²) in [6, 6.07) is 3.93. The number of hydrogen-bond acceptors (Lipinski definition) is 1. The maximum absolute atomic E-state index is 10.7. The predicted octanol–water partition coefficient (Wildman–Crippen LogP) is 1.19. The average molecular weight is 152 g/mol. The first-order valence-corrected chi connectivity index (χ1v) is 3.54. The number of nitrogens with one attached hydrogen (secondary N) is 1. The lowest BCUT2D eigenvalue weighted by Gasteiger charge is -2.07. The fourth-order valence-corrected chi connectivity index (χ4v) is 1.00. The van der Waals surface area contributed by atoms with Crippen LogP contribution in [-0.4, -0.2) is 10.6 Å². The van der Waals surface area contributed by atoms with E-state index in [-0.39, 0.29) is 5.91 Å². The Morgan fingerprint density at radius 1 is 1.36 bits per heavy atom. The van der Waals surface area contributed by atoms with Crippen molar-refractivity contribution in [3.63, 3.8) is 0 Å². The Kier molecular flexibility index (Phi) is 1.98. The molecule has 0 fully saturated rings. The zero-order valence-corrected chi connectivity index (χ0v) is 7.01. The second-order valence-electron chi connectivity index (χ2n) is 2.62. The number of aromatic nitrogens is 1. The molecule has 3 heteroatoms. The van der Waals surface area contributed by atoms with Crippen LogP contribution >= 0.6 is 0 Å². The van der Waals surface area contributed by atoms with Crippen LogP contribution in [0.3, 0.4) is 0 Å². The van der Waals surface area contributed by atoms with Crippen LogP contribution in [0.5, 0.6) is 0 Å². The molecule has 0 bridgehead atoms. The van der Waals surface area contributed by atoms with Gasteiger partial charge in [-0.1, -0.05) is 0 Å². The van der Waals surface area contributed by atoms with Gasteiger partial charge in [-0.25, -0.2) is 0 Å². The Morgan fingerprint density at radius 3 is 2.18 bits per heavy atom. The molecule has 60 valence electrons. The van der Waals surface area contributed by atoms with E-state index in [1.807, 2.05) is 26.0 Å². The summed E-state index contributed by atoms with van der Waals surface area (Å²) in [5, 5.41) is 0. The van der Waals surface area contributed by atoms with E-state index in [4.69, 9.17) is 0 Å². The van der Waals surface area contributed by atoms with Crippen molar-refractivity contribution >= 4 is 5.91 Å². The molecule has 11 heavy (non-hydrogen) atoms. The summed E-state index contributed by atoms with van der Waals surface area (Å²) >= 11 is 0. The molecule has 0 aliphatic carbocycles. The molecule has 1 aromatic rings. The molecule has 1 N–H and O–H groups in total. The van der Waals surface area contributed by atoms with Gasteiger partial charge in [0.05, 0.1) is 0 Å². The number of carbonyl (C=O) groups is 1. The monoisotopic (exact) mass is 152 g/mol. The third-order valence-corrected chi connectivity index (χ3v) is 1.54. The van der Waals surface area contributed by atoms with Crippen molar-refractivity contribution in [2.45, 2.75) is 20.8 Å². The van der Waals surface area contributed by atoms with Crippen LogP contribution in [0.4, 0.5) is 0 Å². The molecule has 1 aromatic heterocycles. The van der Waals surface area contributed by atoms with E-state index in [1.54, 1.807) is 4.68 Å². The highest BCUT2D eigenvalue weighted by atomic mass is 16.2. The first-order valence-electron chi connectivity index (χ1n) is 3.54. The number of aryl methyl sites for hydroxylation is 2. The third kappa shape index (κ3) is 1.61. The van der Waals surface area contributed by atoms with Crippen molar-refractivity contribution in [3.8, 4) is 0 Å². The minimum absolute atomic E-state index is 0.0487. The van der Waals surface area contributed by atoms with Crippen molar-refractivity contribution in [1.82, 2.24) is 4.68 Å². The highest BCUT2D eigenvalue weighted by Gasteiger charge is 2.00. The molecule has 0 unspecified atom stereocenters. The van der Waals surface area contributed by atoms with Gasteiger partial charge in [0, 0.05) is 18.3 Å². The summed E-state index contributed by atoms with van der Waals surface area (Å²) in [6.45, 7) is 5.39. The van der Waals surface area contributed by atoms with Gasteiger partial charge >= 0.3 is 0 Å². The molecular formula is C8H12N2O. The van der Waals surface area contributed by atoms with Crippen molar-refractivity contribution in [2.75, 3.05) is 5.43 Å². The van der Waals surface area contributed by atoms with E-state index >= 15 is 0 Å². The Bertz CT molecular complexity index is 256. The normalized spacial score (nSPS) is 9.73. The van der Waals surface area contributed by atoms with Gasteiger partial charge < -0.3 is 0 Å². The molecule has 1 amide bonds. The third-order valence-electron chi connectivity index (χ3n) is 1.54. The quantitative estimate of drug-likeness (QED) is 0.644. The van der Waals surface area contributed by atoms with Gasteiger partial charge in [0.2, 0.25) is 5.91 Å². The SMILES string of the molecule is CC(=O)Nn1c(C)ccc1C. The molecule has 0 saturated carbocycles.